The molecule has 1 aromatic heterocycles. The Morgan fingerprint density at radius 1 is 1.40 bits per heavy atom. The smallest absolute Gasteiger partial charge is 0.308 e. The number of halogens is 1. The third kappa shape index (κ3) is 3.54. The number of hydrogen-bond donors (Lipinski definition) is 1. The Hall–Kier alpha value is -1.49. The molecule has 0 atom stereocenters. The molecular formula is C14H18ClNO4. The van der Waals surface area contributed by atoms with E-state index in [4.69, 9.17) is 20.8 Å². The van der Waals surface area contributed by atoms with E-state index in [-0.39, 0.29) is 29.1 Å². The van der Waals surface area contributed by atoms with Crippen LogP contribution in [-0.2, 0) is 9.53 Å². The summed E-state index contributed by atoms with van der Waals surface area (Å²) in [6, 6.07) is 1.61. The predicted molar refractivity (Wildman–Crippen MR) is 73.6 cm³/mol. The van der Waals surface area contributed by atoms with Crippen molar-refractivity contribution in [3.8, 4) is 0 Å². The largest absolute Gasteiger partial charge is 0.466 e. The van der Waals surface area contributed by atoms with Crippen LogP contribution in [0.25, 0.3) is 0 Å². The molecule has 0 aromatic carbocycles. The van der Waals surface area contributed by atoms with Crippen molar-refractivity contribution in [2.45, 2.75) is 38.6 Å². The second-order valence-corrected chi connectivity index (χ2v) is 5.23. The Kier molecular flexibility index (Phi) is 5.06. The number of nitrogens with one attached hydrogen (secondary N) is 1. The van der Waals surface area contributed by atoms with Gasteiger partial charge in [-0.25, -0.2) is 0 Å². The average Bonchev–Trinajstić information content (AvgIpc) is 2.86. The molecule has 1 aliphatic carbocycles. The van der Waals surface area contributed by atoms with Crippen LogP contribution < -0.4 is 5.32 Å². The third-order valence-electron chi connectivity index (χ3n) is 3.54. The lowest BCUT2D eigenvalue weighted by Crippen LogP contribution is -2.39. The van der Waals surface area contributed by atoms with Crippen LogP contribution in [0.1, 0.15) is 43.0 Å². The number of carbonyl (C=O) groups is 2. The monoisotopic (exact) mass is 299 g/mol. The molecule has 1 aliphatic rings. The van der Waals surface area contributed by atoms with Crippen molar-refractivity contribution in [3.63, 3.8) is 0 Å². The maximum absolute atomic E-state index is 12.0. The van der Waals surface area contributed by atoms with Crippen LogP contribution in [0.2, 0.25) is 5.22 Å². The highest BCUT2D eigenvalue weighted by molar-refractivity contribution is 6.32. The zero-order valence-electron chi connectivity index (χ0n) is 11.4. The van der Waals surface area contributed by atoms with Crippen molar-refractivity contribution in [2.24, 2.45) is 5.92 Å². The van der Waals surface area contributed by atoms with Gasteiger partial charge in [-0.05, 0) is 50.3 Å². The molecule has 1 N–H and O–H groups in total. The van der Waals surface area contributed by atoms with E-state index >= 15 is 0 Å². The highest BCUT2D eigenvalue weighted by atomic mass is 35.5. The van der Waals surface area contributed by atoms with Crippen molar-refractivity contribution in [1.29, 1.82) is 0 Å². The maximum atomic E-state index is 12.0. The predicted octanol–water partition coefficient (Wildman–Crippen LogP) is 2.78. The summed E-state index contributed by atoms with van der Waals surface area (Å²) in [7, 11) is 0. The van der Waals surface area contributed by atoms with E-state index in [9.17, 15) is 9.59 Å². The van der Waals surface area contributed by atoms with E-state index in [0.717, 1.165) is 25.7 Å². The second kappa shape index (κ2) is 6.79. The van der Waals surface area contributed by atoms with Gasteiger partial charge in [0.05, 0.1) is 24.4 Å². The number of furan rings is 1. The summed E-state index contributed by atoms with van der Waals surface area (Å²) < 4.78 is 9.91. The normalized spacial score (nSPS) is 22.3. The van der Waals surface area contributed by atoms with Gasteiger partial charge in [0.1, 0.15) is 0 Å². The zero-order valence-corrected chi connectivity index (χ0v) is 12.1. The Balaban J connectivity index is 1.81. The third-order valence-corrected chi connectivity index (χ3v) is 3.84. The fourth-order valence-corrected chi connectivity index (χ4v) is 2.65. The standard InChI is InChI=1S/C14H18ClNO4/c1-2-19-14(18)9-3-5-10(6-4-9)16-13(17)11-7-8-20-12(11)15/h7-10H,2-6H2,1H3,(H,16,17). The fourth-order valence-electron chi connectivity index (χ4n) is 2.45. The molecule has 1 fully saturated rings. The minimum absolute atomic E-state index is 0.0411. The van der Waals surface area contributed by atoms with E-state index in [0.29, 0.717) is 12.2 Å². The topological polar surface area (TPSA) is 68.5 Å². The number of hydrogen-bond acceptors (Lipinski definition) is 4. The lowest BCUT2D eigenvalue weighted by molar-refractivity contribution is -0.149. The minimum Gasteiger partial charge on any atom is -0.466 e. The van der Waals surface area contributed by atoms with Crippen LogP contribution in [0.5, 0.6) is 0 Å². The highest BCUT2D eigenvalue weighted by Gasteiger charge is 2.28. The summed E-state index contributed by atoms with van der Waals surface area (Å²) >= 11 is 5.76. The molecule has 1 amide bonds. The molecule has 110 valence electrons. The molecule has 0 spiro atoms. The number of amides is 1. The van der Waals surface area contributed by atoms with E-state index in [1.54, 1.807) is 13.0 Å². The molecule has 0 unspecified atom stereocenters. The van der Waals surface area contributed by atoms with Crippen LogP contribution in [0.15, 0.2) is 16.7 Å². The number of carbonyl (C=O) groups excluding carboxylic acids is 2. The van der Waals surface area contributed by atoms with Crippen molar-refractivity contribution < 1.29 is 18.7 Å². The van der Waals surface area contributed by atoms with Crippen LogP contribution in [-0.4, -0.2) is 24.5 Å². The average molecular weight is 300 g/mol. The van der Waals surface area contributed by atoms with Crippen molar-refractivity contribution >= 4 is 23.5 Å². The molecule has 5 nitrogen and oxygen atoms in total. The summed E-state index contributed by atoms with van der Waals surface area (Å²) in [5.41, 5.74) is 0.346. The lowest BCUT2D eigenvalue weighted by Gasteiger charge is -2.27. The minimum atomic E-state index is -0.233. The SMILES string of the molecule is CCOC(=O)C1CCC(NC(=O)c2ccoc2Cl)CC1. The van der Waals surface area contributed by atoms with Gasteiger partial charge >= 0.3 is 5.97 Å². The van der Waals surface area contributed by atoms with Crippen LogP contribution in [0, 0.1) is 5.92 Å². The molecule has 0 radical (unpaired) electrons. The number of esters is 1. The molecule has 6 heteroatoms. The maximum Gasteiger partial charge on any atom is 0.308 e. The van der Waals surface area contributed by atoms with Crippen molar-refractivity contribution in [3.05, 3.63) is 23.1 Å². The first-order valence-corrected chi connectivity index (χ1v) is 7.20. The van der Waals surface area contributed by atoms with Crippen molar-refractivity contribution in [2.75, 3.05) is 6.61 Å². The molecular weight excluding hydrogens is 282 g/mol. The lowest BCUT2D eigenvalue weighted by atomic mass is 9.86. The van der Waals surface area contributed by atoms with E-state index < -0.39 is 0 Å². The summed E-state index contributed by atoms with van der Waals surface area (Å²) in [6.45, 7) is 2.22. The molecule has 20 heavy (non-hydrogen) atoms. The van der Waals surface area contributed by atoms with Gasteiger partial charge in [0.25, 0.3) is 5.91 Å². The van der Waals surface area contributed by atoms with Crippen LogP contribution in [0.4, 0.5) is 0 Å². The number of rotatable bonds is 4. The van der Waals surface area contributed by atoms with E-state index in [2.05, 4.69) is 5.32 Å². The van der Waals surface area contributed by atoms with Gasteiger partial charge in [0.15, 0.2) is 0 Å². The summed E-state index contributed by atoms with van der Waals surface area (Å²) in [6.07, 6.45) is 4.40. The van der Waals surface area contributed by atoms with Gasteiger partial charge in [-0.2, -0.15) is 0 Å². The van der Waals surface area contributed by atoms with Gasteiger partial charge in [-0.15, -0.1) is 0 Å². The Morgan fingerprint density at radius 3 is 2.65 bits per heavy atom. The summed E-state index contributed by atoms with van der Waals surface area (Å²) in [4.78, 5) is 23.6. The highest BCUT2D eigenvalue weighted by Crippen LogP contribution is 2.26. The first kappa shape index (κ1) is 14.9. The summed E-state index contributed by atoms with van der Waals surface area (Å²) in [5, 5.41) is 3.02. The van der Waals surface area contributed by atoms with Crippen molar-refractivity contribution in [1.82, 2.24) is 5.32 Å². The van der Waals surface area contributed by atoms with Gasteiger partial charge in [0, 0.05) is 6.04 Å². The van der Waals surface area contributed by atoms with Crippen LogP contribution in [0.3, 0.4) is 0 Å². The van der Waals surface area contributed by atoms with E-state index in [1.165, 1.54) is 6.26 Å². The zero-order chi connectivity index (χ0) is 14.5. The van der Waals surface area contributed by atoms with Gasteiger partial charge in [-0.3, -0.25) is 9.59 Å². The molecule has 1 heterocycles. The van der Waals surface area contributed by atoms with Gasteiger partial charge in [-0.1, -0.05) is 0 Å². The molecule has 2 rings (SSSR count). The Labute approximate surface area is 122 Å². The Bertz CT molecular complexity index is 477. The summed E-state index contributed by atoms with van der Waals surface area (Å²) in [5.74, 6) is -0.404. The molecule has 0 bridgehead atoms. The molecule has 0 aliphatic heterocycles. The Morgan fingerprint density at radius 2 is 2.10 bits per heavy atom. The van der Waals surface area contributed by atoms with Crippen LogP contribution >= 0.6 is 11.6 Å². The molecule has 1 saturated carbocycles. The van der Waals surface area contributed by atoms with E-state index in [1.807, 2.05) is 0 Å². The first-order valence-electron chi connectivity index (χ1n) is 6.82. The van der Waals surface area contributed by atoms with Gasteiger partial charge < -0.3 is 14.5 Å². The van der Waals surface area contributed by atoms with Gasteiger partial charge in [0.2, 0.25) is 5.22 Å². The second-order valence-electron chi connectivity index (χ2n) is 4.88. The first-order chi connectivity index (χ1) is 9.61. The fraction of sp³-hybridized carbons (Fsp3) is 0.571. The quantitative estimate of drug-likeness (QED) is 0.868. The molecule has 1 aromatic rings. The number of ether oxygens (including phenoxy) is 1. The molecule has 0 saturated heterocycles.